The third-order valence-electron chi connectivity index (χ3n) is 4.71. The molecule has 0 saturated heterocycles. The van der Waals surface area contributed by atoms with Crippen LogP contribution in [0.3, 0.4) is 0 Å². The van der Waals surface area contributed by atoms with Gasteiger partial charge in [-0.25, -0.2) is 18.2 Å². The number of halogens is 4. The van der Waals surface area contributed by atoms with Gasteiger partial charge in [0.2, 0.25) is 0 Å². The topological polar surface area (TPSA) is 64.9 Å². The Kier molecular flexibility index (Phi) is 6.99. The Morgan fingerprint density at radius 1 is 1.00 bits per heavy atom. The Morgan fingerprint density at radius 3 is 2.47 bits per heavy atom. The van der Waals surface area contributed by atoms with Crippen molar-refractivity contribution in [3.05, 3.63) is 83.7 Å². The lowest BCUT2D eigenvalue weighted by Gasteiger charge is -2.11. The molecule has 0 saturated carbocycles. The van der Waals surface area contributed by atoms with Gasteiger partial charge in [-0.3, -0.25) is 0 Å². The van der Waals surface area contributed by atoms with E-state index in [4.69, 9.17) is 4.74 Å². The second-order valence-electron chi connectivity index (χ2n) is 6.80. The number of hydrogen-bond donors (Lipinski definition) is 1. The Morgan fingerprint density at radius 2 is 1.81 bits per heavy atom. The molecule has 0 spiro atoms. The summed E-state index contributed by atoms with van der Waals surface area (Å²) in [6, 6.07) is 11.1. The van der Waals surface area contributed by atoms with Crippen molar-refractivity contribution in [1.82, 2.24) is 19.7 Å². The quantitative estimate of drug-likeness (QED) is 0.405. The number of rotatable bonds is 6. The summed E-state index contributed by atoms with van der Waals surface area (Å²) in [7, 11) is 1.59. The van der Waals surface area contributed by atoms with Crippen LogP contribution in [0.15, 0.2) is 55.0 Å². The van der Waals surface area contributed by atoms with Crippen molar-refractivity contribution in [3.63, 3.8) is 0 Å². The third kappa shape index (κ3) is 4.67. The van der Waals surface area contributed by atoms with E-state index in [1.165, 1.54) is 6.07 Å². The van der Waals surface area contributed by atoms with Gasteiger partial charge in [-0.15, -0.1) is 22.6 Å². The highest BCUT2D eigenvalue weighted by molar-refractivity contribution is 5.85. The van der Waals surface area contributed by atoms with Gasteiger partial charge in [-0.2, -0.15) is 0 Å². The minimum Gasteiger partial charge on any atom is -0.495 e. The standard InChI is InChI=1S/C22H18F3N5O.ClH/c1-13-11-30(12-27-13)18-7-4-14(9-19(18)31-2)17-6-8-20(29-28-17)26-10-15-3-5-16(23)22(25)21(15)24;/h3-9,11-12H,10H2,1-2H3,(H,26,29);1H. The number of nitrogens with zero attached hydrogens (tertiary/aromatic N) is 4. The van der Waals surface area contributed by atoms with E-state index in [0.717, 1.165) is 23.0 Å². The van der Waals surface area contributed by atoms with Crippen molar-refractivity contribution in [2.24, 2.45) is 0 Å². The molecule has 0 fully saturated rings. The fourth-order valence-corrected chi connectivity index (χ4v) is 3.07. The molecule has 1 N–H and O–H groups in total. The molecule has 0 aliphatic rings. The van der Waals surface area contributed by atoms with Crippen LogP contribution in [-0.4, -0.2) is 26.9 Å². The zero-order valence-electron chi connectivity index (χ0n) is 17.1. The highest BCUT2D eigenvalue weighted by atomic mass is 35.5. The van der Waals surface area contributed by atoms with E-state index in [0.29, 0.717) is 17.3 Å². The number of anilines is 1. The van der Waals surface area contributed by atoms with E-state index >= 15 is 0 Å². The number of benzene rings is 2. The van der Waals surface area contributed by atoms with E-state index < -0.39 is 17.5 Å². The Bertz CT molecular complexity index is 1230. The largest absolute Gasteiger partial charge is 0.495 e. The number of imidazole rings is 1. The van der Waals surface area contributed by atoms with Crippen molar-refractivity contribution in [2.75, 3.05) is 12.4 Å². The maximum absolute atomic E-state index is 13.8. The van der Waals surface area contributed by atoms with Crippen LogP contribution in [0.2, 0.25) is 0 Å². The van der Waals surface area contributed by atoms with Gasteiger partial charge in [0.15, 0.2) is 17.5 Å². The Labute approximate surface area is 188 Å². The molecule has 0 atom stereocenters. The average molecular weight is 462 g/mol. The van der Waals surface area contributed by atoms with E-state index in [9.17, 15) is 13.2 Å². The van der Waals surface area contributed by atoms with Gasteiger partial charge in [-0.05, 0) is 37.3 Å². The highest BCUT2D eigenvalue weighted by Crippen LogP contribution is 2.29. The minimum absolute atomic E-state index is 0. The maximum atomic E-state index is 13.8. The molecular weight excluding hydrogens is 443 g/mol. The molecule has 32 heavy (non-hydrogen) atoms. The lowest BCUT2D eigenvalue weighted by atomic mass is 10.1. The smallest absolute Gasteiger partial charge is 0.194 e. The van der Waals surface area contributed by atoms with Gasteiger partial charge >= 0.3 is 0 Å². The number of aromatic nitrogens is 4. The molecule has 2 aromatic heterocycles. The minimum atomic E-state index is -1.50. The van der Waals surface area contributed by atoms with Crippen molar-refractivity contribution < 1.29 is 17.9 Å². The summed E-state index contributed by atoms with van der Waals surface area (Å²) in [4.78, 5) is 4.23. The first kappa shape index (κ1) is 23.1. The molecule has 0 radical (unpaired) electrons. The van der Waals surface area contributed by atoms with Crippen LogP contribution >= 0.6 is 12.4 Å². The van der Waals surface area contributed by atoms with E-state index in [1.807, 2.05) is 35.9 Å². The molecular formula is C22H19ClF3N5O. The third-order valence-corrected chi connectivity index (χ3v) is 4.71. The van der Waals surface area contributed by atoms with Crippen LogP contribution in [0, 0.1) is 24.4 Å². The first-order valence-corrected chi connectivity index (χ1v) is 9.35. The monoisotopic (exact) mass is 461 g/mol. The highest BCUT2D eigenvalue weighted by Gasteiger charge is 2.13. The maximum Gasteiger partial charge on any atom is 0.194 e. The molecule has 166 valence electrons. The van der Waals surface area contributed by atoms with Crippen molar-refractivity contribution in [1.29, 1.82) is 0 Å². The van der Waals surface area contributed by atoms with Gasteiger partial charge in [0.25, 0.3) is 0 Å². The predicted octanol–water partition coefficient (Wildman–Crippen LogP) is 5.10. The molecule has 10 heteroatoms. The summed E-state index contributed by atoms with van der Waals surface area (Å²) in [5, 5.41) is 11.1. The molecule has 4 aromatic rings. The van der Waals surface area contributed by atoms with Crippen LogP contribution in [0.5, 0.6) is 5.75 Å². The first-order chi connectivity index (χ1) is 15.0. The second-order valence-corrected chi connectivity index (χ2v) is 6.80. The van der Waals surface area contributed by atoms with Crippen LogP contribution in [0.1, 0.15) is 11.3 Å². The molecule has 0 amide bonds. The van der Waals surface area contributed by atoms with Gasteiger partial charge in [0.1, 0.15) is 11.6 Å². The molecule has 4 rings (SSSR count). The zero-order valence-corrected chi connectivity index (χ0v) is 18.0. The molecule has 0 unspecified atom stereocenters. The van der Waals surface area contributed by atoms with Crippen molar-refractivity contribution in [2.45, 2.75) is 13.5 Å². The summed E-state index contributed by atoms with van der Waals surface area (Å²) in [5.41, 5.74) is 3.12. The zero-order chi connectivity index (χ0) is 22.0. The molecule has 2 heterocycles. The number of methoxy groups -OCH3 is 1. The molecule has 0 aliphatic carbocycles. The number of hydrogen-bond acceptors (Lipinski definition) is 5. The molecule has 0 bridgehead atoms. The van der Waals surface area contributed by atoms with Crippen molar-refractivity contribution >= 4 is 18.2 Å². The van der Waals surface area contributed by atoms with Crippen LogP contribution in [0.25, 0.3) is 16.9 Å². The fourth-order valence-electron chi connectivity index (χ4n) is 3.07. The molecule has 6 nitrogen and oxygen atoms in total. The summed E-state index contributed by atoms with van der Waals surface area (Å²) < 4.78 is 47.5. The SMILES string of the molecule is COc1cc(-c2ccc(NCc3ccc(F)c(F)c3F)nn2)ccc1-n1cnc(C)c1.Cl. The predicted molar refractivity (Wildman–Crippen MR) is 117 cm³/mol. The van der Waals surface area contributed by atoms with E-state index in [1.54, 1.807) is 25.6 Å². The summed E-state index contributed by atoms with van der Waals surface area (Å²) in [5.74, 6) is -2.94. The van der Waals surface area contributed by atoms with Gasteiger partial charge in [-0.1, -0.05) is 12.1 Å². The van der Waals surface area contributed by atoms with Gasteiger partial charge < -0.3 is 14.6 Å². The van der Waals surface area contributed by atoms with Crippen molar-refractivity contribution in [3.8, 4) is 22.7 Å². The van der Waals surface area contributed by atoms with E-state index in [-0.39, 0.29) is 24.5 Å². The van der Waals surface area contributed by atoms with Gasteiger partial charge in [0.05, 0.1) is 30.5 Å². The summed E-state index contributed by atoms with van der Waals surface area (Å²) in [6.45, 7) is 1.84. The fraction of sp³-hybridized carbons (Fsp3) is 0.136. The van der Waals surface area contributed by atoms with Crippen LogP contribution in [0.4, 0.5) is 19.0 Å². The lowest BCUT2D eigenvalue weighted by Crippen LogP contribution is -2.06. The summed E-state index contributed by atoms with van der Waals surface area (Å²) in [6.07, 6.45) is 3.61. The summed E-state index contributed by atoms with van der Waals surface area (Å²) >= 11 is 0. The average Bonchev–Trinajstić information content (AvgIpc) is 3.23. The van der Waals surface area contributed by atoms with Crippen LogP contribution in [-0.2, 0) is 6.54 Å². The number of ether oxygens (including phenoxy) is 1. The normalized spacial score (nSPS) is 10.5. The lowest BCUT2D eigenvalue weighted by molar-refractivity contribution is 0.413. The Hall–Kier alpha value is -3.59. The Balaban J connectivity index is 0.00000289. The molecule has 0 aliphatic heterocycles. The number of aryl methyl sites for hydroxylation is 1. The van der Waals surface area contributed by atoms with Crippen LogP contribution < -0.4 is 10.1 Å². The first-order valence-electron chi connectivity index (χ1n) is 9.35. The second kappa shape index (κ2) is 9.69. The molecule has 2 aromatic carbocycles. The van der Waals surface area contributed by atoms with Gasteiger partial charge in [0, 0.05) is 23.9 Å². The van der Waals surface area contributed by atoms with E-state index in [2.05, 4.69) is 20.5 Å². The number of nitrogens with one attached hydrogen (secondary N) is 1.